The van der Waals surface area contributed by atoms with E-state index in [1.165, 1.54) is 0 Å². The van der Waals surface area contributed by atoms with Crippen LogP contribution in [0.3, 0.4) is 0 Å². The van der Waals surface area contributed by atoms with Gasteiger partial charge in [0.05, 0.1) is 20.7 Å². The highest BCUT2D eigenvalue weighted by Gasteiger charge is 2.19. The number of benzene rings is 2. The van der Waals surface area contributed by atoms with Gasteiger partial charge in [0.25, 0.3) is 5.69 Å². The Hall–Kier alpha value is -2.67. The Morgan fingerprint density at radius 3 is 2.73 bits per heavy atom. The molecule has 0 atom stereocenters. The quantitative estimate of drug-likeness (QED) is 0.308. The minimum Gasteiger partial charge on any atom is -0.320 e. The van der Waals surface area contributed by atoms with Gasteiger partial charge in [-0.15, -0.1) is 11.3 Å². The minimum absolute atomic E-state index is 0.153. The van der Waals surface area contributed by atoms with Crippen LogP contribution >= 0.6 is 34.5 Å². The number of rotatable bonds is 5. The summed E-state index contributed by atoms with van der Waals surface area (Å²) in [6, 6.07) is 12.3. The summed E-state index contributed by atoms with van der Waals surface area (Å²) in [5.41, 5.74) is 4.86. The molecule has 152 valence electrons. The summed E-state index contributed by atoms with van der Waals surface area (Å²) in [5.74, 6) is 0. The van der Waals surface area contributed by atoms with Crippen LogP contribution < -0.4 is 4.90 Å². The maximum atomic E-state index is 11.3. The van der Waals surface area contributed by atoms with Crippen molar-refractivity contribution in [2.45, 2.75) is 13.3 Å². The molecule has 0 unspecified atom stereocenters. The Morgan fingerprint density at radius 2 is 2.00 bits per heavy atom. The van der Waals surface area contributed by atoms with E-state index in [-0.39, 0.29) is 10.6 Å². The molecule has 8 heteroatoms. The van der Waals surface area contributed by atoms with Crippen LogP contribution in [0.15, 0.2) is 71.3 Å². The highest BCUT2D eigenvalue weighted by molar-refractivity contribution is 7.14. The summed E-state index contributed by atoms with van der Waals surface area (Å²) in [6.45, 7) is 2.73. The zero-order chi connectivity index (χ0) is 21.3. The van der Waals surface area contributed by atoms with Crippen molar-refractivity contribution in [3.63, 3.8) is 0 Å². The predicted octanol–water partition coefficient (Wildman–Crippen LogP) is 6.92. The lowest BCUT2D eigenvalue weighted by Gasteiger charge is -2.24. The van der Waals surface area contributed by atoms with E-state index < -0.39 is 0 Å². The summed E-state index contributed by atoms with van der Waals surface area (Å²) in [7, 11) is 0. The average Bonchev–Trinajstić information content (AvgIpc) is 3.22. The Bertz CT molecular complexity index is 1190. The van der Waals surface area contributed by atoms with Gasteiger partial charge < -0.3 is 4.90 Å². The number of allylic oxidation sites excluding steroid dienone is 2. The van der Waals surface area contributed by atoms with Crippen molar-refractivity contribution in [3.8, 4) is 11.3 Å². The molecule has 1 aliphatic rings. The van der Waals surface area contributed by atoms with Gasteiger partial charge in [-0.3, -0.25) is 10.1 Å². The van der Waals surface area contributed by atoms with Gasteiger partial charge in [-0.25, -0.2) is 4.98 Å². The van der Waals surface area contributed by atoms with Gasteiger partial charge in [-0.05, 0) is 36.3 Å². The van der Waals surface area contributed by atoms with Crippen molar-refractivity contribution in [2.24, 2.45) is 0 Å². The number of aromatic nitrogens is 1. The van der Waals surface area contributed by atoms with Crippen LogP contribution in [-0.4, -0.2) is 16.5 Å². The van der Waals surface area contributed by atoms with Crippen LogP contribution in [0.4, 0.5) is 10.8 Å². The van der Waals surface area contributed by atoms with Gasteiger partial charge >= 0.3 is 0 Å². The lowest BCUT2D eigenvalue weighted by atomic mass is 9.97. The maximum Gasteiger partial charge on any atom is 0.272 e. The number of nitro benzene ring substituents is 1. The number of nitrogens with zero attached hydrogens (tertiary/aromatic N) is 3. The van der Waals surface area contributed by atoms with Crippen LogP contribution in [0, 0.1) is 10.1 Å². The summed E-state index contributed by atoms with van der Waals surface area (Å²) >= 11 is 13.7. The Balaban J connectivity index is 1.52. The van der Waals surface area contributed by atoms with Crippen LogP contribution in [0.25, 0.3) is 11.3 Å². The number of para-hydroxylation sites is 1. The molecule has 0 amide bonds. The largest absolute Gasteiger partial charge is 0.320 e. The zero-order valence-corrected chi connectivity index (χ0v) is 18.3. The summed E-state index contributed by atoms with van der Waals surface area (Å²) in [5, 5.41) is 15.2. The van der Waals surface area contributed by atoms with Gasteiger partial charge in [-0.2, -0.15) is 0 Å². The van der Waals surface area contributed by atoms with Gasteiger partial charge in [0, 0.05) is 41.7 Å². The fourth-order valence-corrected chi connectivity index (χ4v) is 4.42. The maximum absolute atomic E-state index is 11.3. The molecule has 1 aliphatic heterocycles. The van der Waals surface area contributed by atoms with Crippen molar-refractivity contribution in [2.75, 3.05) is 11.4 Å². The number of halogens is 2. The van der Waals surface area contributed by atoms with E-state index in [2.05, 4.69) is 4.90 Å². The van der Waals surface area contributed by atoms with Gasteiger partial charge in [-0.1, -0.05) is 47.5 Å². The zero-order valence-electron chi connectivity index (χ0n) is 16.0. The van der Waals surface area contributed by atoms with Crippen molar-refractivity contribution >= 4 is 45.4 Å². The summed E-state index contributed by atoms with van der Waals surface area (Å²) < 4.78 is 0. The standard InChI is InChI=1S/C22H17Cl2N3O2S/c1-14-12-26(9-8-15(14)10-17-4-2-3-5-21(17)27(28)29)22-25-20(13-30-22)16-6-7-18(23)19(24)11-16/h2-9,11,13H,10,12H2,1H3. The molecule has 3 aromatic rings. The molecule has 0 saturated carbocycles. The Kier molecular flexibility index (Phi) is 5.90. The van der Waals surface area contributed by atoms with Gasteiger partial charge in [0.15, 0.2) is 5.13 Å². The molecule has 4 rings (SSSR count). The smallest absolute Gasteiger partial charge is 0.272 e. The van der Waals surface area contributed by atoms with E-state index in [1.54, 1.807) is 29.5 Å². The van der Waals surface area contributed by atoms with E-state index in [9.17, 15) is 10.1 Å². The SMILES string of the molecule is CC1=C(Cc2ccccc2[N+](=O)[O-])C=CN(c2nc(-c3ccc(Cl)c(Cl)c3)cs2)C1. The van der Waals surface area contributed by atoms with Crippen LogP contribution in [-0.2, 0) is 6.42 Å². The number of hydrogen-bond acceptors (Lipinski definition) is 5. The molecule has 2 aromatic carbocycles. The predicted molar refractivity (Wildman–Crippen MR) is 124 cm³/mol. The molecule has 0 bridgehead atoms. The lowest BCUT2D eigenvalue weighted by Crippen LogP contribution is -2.22. The first-order valence-corrected chi connectivity index (χ1v) is 10.8. The second-order valence-corrected chi connectivity index (χ2v) is 8.61. The monoisotopic (exact) mass is 457 g/mol. The highest BCUT2D eigenvalue weighted by atomic mass is 35.5. The topological polar surface area (TPSA) is 59.3 Å². The Labute approximate surface area is 188 Å². The third-order valence-electron chi connectivity index (χ3n) is 4.93. The Morgan fingerprint density at radius 1 is 1.20 bits per heavy atom. The number of anilines is 1. The molecule has 0 fully saturated rings. The molecule has 0 N–H and O–H groups in total. The van der Waals surface area contributed by atoms with E-state index in [0.717, 1.165) is 27.5 Å². The second-order valence-electron chi connectivity index (χ2n) is 6.96. The molecule has 0 saturated heterocycles. The third kappa shape index (κ3) is 4.26. The second kappa shape index (κ2) is 8.60. The van der Waals surface area contributed by atoms with Crippen molar-refractivity contribution in [1.82, 2.24) is 4.98 Å². The molecule has 5 nitrogen and oxygen atoms in total. The lowest BCUT2D eigenvalue weighted by molar-refractivity contribution is -0.385. The molecular weight excluding hydrogens is 441 g/mol. The molecule has 30 heavy (non-hydrogen) atoms. The van der Waals surface area contributed by atoms with E-state index in [1.807, 2.05) is 48.8 Å². The average molecular weight is 458 g/mol. The summed E-state index contributed by atoms with van der Waals surface area (Å²) in [6.07, 6.45) is 4.52. The van der Waals surface area contributed by atoms with Crippen molar-refractivity contribution in [3.05, 3.63) is 97.0 Å². The normalized spacial score (nSPS) is 13.8. The first-order chi connectivity index (χ1) is 14.4. The van der Waals surface area contributed by atoms with E-state index in [0.29, 0.717) is 28.6 Å². The fraction of sp³-hybridized carbons (Fsp3) is 0.136. The summed E-state index contributed by atoms with van der Waals surface area (Å²) in [4.78, 5) is 17.8. The fourth-order valence-electron chi connectivity index (χ4n) is 3.30. The molecule has 0 spiro atoms. The molecule has 0 aliphatic carbocycles. The van der Waals surface area contributed by atoms with Crippen LogP contribution in [0.5, 0.6) is 0 Å². The van der Waals surface area contributed by atoms with E-state index in [4.69, 9.17) is 28.2 Å². The van der Waals surface area contributed by atoms with Gasteiger partial charge in [0.1, 0.15) is 0 Å². The molecule has 2 heterocycles. The highest BCUT2D eigenvalue weighted by Crippen LogP contribution is 2.33. The molecule has 1 aromatic heterocycles. The number of hydrogen-bond donors (Lipinski definition) is 0. The molecule has 0 radical (unpaired) electrons. The number of thiazole rings is 1. The van der Waals surface area contributed by atoms with Gasteiger partial charge in [0.2, 0.25) is 0 Å². The van der Waals surface area contributed by atoms with Crippen LogP contribution in [0.2, 0.25) is 10.0 Å². The number of nitro groups is 1. The van der Waals surface area contributed by atoms with Crippen LogP contribution in [0.1, 0.15) is 12.5 Å². The first-order valence-electron chi connectivity index (χ1n) is 9.19. The molecular formula is C22H17Cl2N3O2S. The van der Waals surface area contributed by atoms with E-state index >= 15 is 0 Å². The third-order valence-corrected chi connectivity index (χ3v) is 6.55. The first kappa shape index (κ1) is 20.6. The van der Waals surface area contributed by atoms with Crippen molar-refractivity contribution < 1.29 is 4.92 Å². The van der Waals surface area contributed by atoms with Crippen molar-refractivity contribution in [1.29, 1.82) is 0 Å². The minimum atomic E-state index is -0.329.